The number of alkyl halides is 3. The average Bonchev–Trinajstić information content (AvgIpc) is 2.27. The van der Waals surface area contributed by atoms with Crippen LogP contribution in [0.3, 0.4) is 0 Å². The van der Waals surface area contributed by atoms with E-state index in [-0.39, 0.29) is 10.0 Å². The fourth-order valence-corrected chi connectivity index (χ4v) is 1.67. The molecule has 0 saturated heterocycles. The fourth-order valence-electron chi connectivity index (χ4n) is 1.20. The van der Waals surface area contributed by atoms with Gasteiger partial charge in [0.2, 0.25) is 0 Å². The highest BCUT2D eigenvalue weighted by molar-refractivity contribution is 9.10. The maximum absolute atomic E-state index is 12.6. The molecule has 7 heteroatoms. The van der Waals surface area contributed by atoms with Crippen LogP contribution in [0.15, 0.2) is 22.7 Å². The number of rotatable bonds is 2. The van der Waals surface area contributed by atoms with Crippen molar-refractivity contribution in [3.05, 3.63) is 33.8 Å². The van der Waals surface area contributed by atoms with E-state index in [1.165, 1.54) is 13.0 Å². The highest BCUT2D eigenvalue weighted by Gasteiger charge is 2.33. The van der Waals surface area contributed by atoms with Gasteiger partial charge in [-0.25, -0.2) is 0 Å². The lowest BCUT2D eigenvalue weighted by Gasteiger charge is -2.11. The number of nitriles is 1. The summed E-state index contributed by atoms with van der Waals surface area (Å²) in [6.07, 6.45) is -4.55. The van der Waals surface area contributed by atoms with Crippen LogP contribution in [0.1, 0.15) is 22.8 Å². The van der Waals surface area contributed by atoms with E-state index in [0.717, 1.165) is 12.1 Å². The summed E-state index contributed by atoms with van der Waals surface area (Å²) in [6, 6.07) is 4.13. The molecular weight excluding hydrogens is 313 g/mol. The highest BCUT2D eigenvalue weighted by Crippen LogP contribution is 2.35. The van der Waals surface area contributed by atoms with Crippen molar-refractivity contribution >= 4 is 21.8 Å². The van der Waals surface area contributed by atoms with E-state index in [2.05, 4.69) is 21.2 Å². The average molecular weight is 321 g/mol. The molecule has 1 unspecified atom stereocenters. The van der Waals surface area contributed by atoms with Gasteiger partial charge >= 0.3 is 6.18 Å². The molecule has 0 spiro atoms. The molecule has 96 valence electrons. The Hall–Kier alpha value is -1.55. The topological polar surface area (TPSA) is 52.9 Å². The zero-order valence-corrected chi connectivity index (χ0v) is 10.8. The van der Waals surface area contributed by atoms with Gasteiger partial charge in [-0.15, -0.1) is 0 Å². The van der Waals surface area contributed by atoms with Gasteiger partial charge in [0, 0.05) is 10.0 Å². The third-order valence-corrected chi connectivity index (χ3v) is 2.77. The first-order valence-electron chi connectivity index (χ1n) is 4.83. The van der Waals surface area contributed by atoms with Gasteiger partial charge in [-0.3, -0.25) is 4.79 Å². The Balaban J connectivity index is 3.07. The fraction of sp³-hybridized carbons (Fsp3) is 0.273. The summed E-state index contributed by atoms with van der Waals surface area (Å²) in [5, 5.41) is 10.8. The molecule has 1 N–H and O–H groups in total. The molecule has 0 aliphatic rings. The number of hydrogen-bond donors (Lipinski definition) is 1. The largest absolute Gasteiger partial charge is 0.417 e. The molecular formula is C11H8BrF3N2O. The van der Waals surface area contributed by atoms with Crippen molar-refractivity contribution in [3.63, 3.8) is 0 Å². The zero-order valence-electron chi connectivity index (χ0n) is 9.18. The normalized spacial score (nSPS) is 12.7. The van der Waals surface area contributed by atoms with Crippen molar-refractivity contribution in [2.45, 2.75) is 19.1 Å². The smallest absolute Gasteiger partial charge is 0.337 e. The number of nitrogens with one attached hydrogen (secondary N) is 1. The second-order valence-corrected chi connectivity index (χ2v) is 4.37. The van der Waals surface area contributed by atoms with Crippen LogP contribution in [-0.2, 0) is 6.18 Å². The lowest BCUT2D eigenvalue weighted by atomic mass is 10.1. The van der Waals surface area contributed by atoms with E-state index in [0.29, 0.717) is 0 Å². The molecule has 0 bridgehead atoms. The summed E-state index contributed by atoms with van der Waals surface area (Å²) in [5.41, 5.74) is -1.08. The monoisotopic (exact) mass is 320 g/mol. The van der Waals surface area contributed by atoms with E-state index >= 15 is 0 Å². The molecule has 0 fully saturated rings. The van der Waals surface area contributed by atoms with E-state index in [9.17, 15) is 18.0 Å². The minimum absolute atomic E-state index is 0.139. The molecule has 1 aromatic rings. The van der Waals surface area contributed by atoms with Gasteiger partial charge in [0.15, 0.2) is 0 Å². The molecule has 0 saturated carbocycles. The van der Waals surface area contributed by atoms with Gasteiger partial charge in [0.25, 0.3) is 5.91 Å². The number of carbonyl (C=O) groups is 1. The zero-order chi connectivity index (χ0) is 13.9. The molecule has 1 aromatic carbocycles. The predicted molar refractivity (Wildman–Crippen MR) is 61.7 cm³/mol. The first-order chi connectivity index (χ1) is 8.25. The van der Waals surface area contributed by atoms with Gasteiger partial charge in [-0.05, 0) is 25.1 Å². The molecule has 0 heterocycles. The number of carbonyl (C=O) groups excluding carboxylic acids is 1. The van der Waals surface area contributed by atoms with Crippen molar-refractivity contribution in [2.75, 3.05) is 0 Å². The number of halogens is 4. The van der Waals surface area contributed by atoms with Crippen molar-refractivity contribution < 1.29 is 18.0 Å². The van der Waals surface area contributed by atoms with E-state index < -0.39 is 23.7 Å². The van der Waals surface area contributed by atoms with Crippen molar-refractivity contribution in [1.82, 2.24) is 5.32 Å². The Morgan fingerprint density at radius 3 is 2.61 bits per heavy atom. The molecule has 0 aromatic heterocycles. The van der Waals surface area contributed by atoms with Crippen molar-refractivity contribution in [1.29, 1.82) is 5.26 Å². The van der Waals surface area contributed by atoms with Gasteiger partial charge in [0.1, 0.15) is 6.04 Å². The van der Waals surface area contributed by atoms with E-state index in [1.54, 1.807) is 6.07 Å². The minimum atomic E-state index is -4.55. The third kappa shape index (κ3) is 3.47. The summed E-state index contributed by atoms with van der Waals surface area (Å²) in [6.45, 7) is 1.43. The number of nitrogens with zero attached hydrogens (tertiary/aromatic N) is 1. The van der Waals surface area contributed by atoms with Gasteiger partial charge < -0.3 is 5.32 Å². The maximum atomic E-state index is 12.6. The van der Waals surface area contributed by atoms with E-state index in [1.807, 2.05) is 0 Å². The summed E-state index contributed by atoms with van der Waals surface area (Å²) >= 11 is 2.78. The minimum Gasteiger partial charge on any atom is -0.337 e. The Kier molecular flexibility index (Phi) is 4.35. The molecule has 1 amide bonds. The molecule has 0 radical (unpaired) electrons. The summed E-state index contributed by atoms with van der Waals surface area (Å²) in [4.78, 5) is 11.6. The Bertz CT molecular complexity index is 508. The van der Waals surface area contributed by atoms with Crippen LogP contribution in [0, 0.1) is 11.3 Å². The molecule has 18 heavy (non-hydrogen) atoms. The van der Waals surface area contributed by atoms with Gasteiger partial charge in [0.05, 0.1) is 11.6 Å². The summed E-state index contributed by atoms with van der Waals surface area (Å²) in [5.74, 6) is -0.720. The standard InChI is InChI=1S/C11H8BrF3N2O/c1-6(5-16)17-10(18)7-2-3-9(12)8(4-7)11(13,14)15/h2-4,6H,1H3,(H,17,18). The third-order valence-electron chi connectivity index (χ3n) is 2.08. The Labute approximate surface area is 110 Å². The second-order valence-electron chi connectivity index (χ2n) is 3.52. The SMILES string of the molecule is CC(C#N)NC(=O)c1ccc(Br)c(C(F)(F)F)c1. The second kappa shape index (κ2) is 5.40. The highest BCUT2D eigenvalue weighted by atomic mass is 79.9. The van der Waals surface area contributed by atoms with Crippen molar-refractivity contribution in [2.24, 2.45) is 0 Å². The lowest BCUT2D eigenvalue weighted by Crippen LogP contribution is -2.31. The Morgan fingerprint density at radius 2 is 2.11 bits per heavy atom. The van der Waals surface area contributed by atoms with Crippen LogP contribution in [-0.4, -0.2) is 11.9 Å². The lowest BCUT2D eigenvalue weighted by molar-refractivity contribution is -0.138. The predicted octanol–water partition coefficient (Wildman–Crippen LogP) is 3.11. The quantitative estimate of drug-likeness (QED) is 0.910. The number of benzene rings is 1. The van der Waals surface area contributed by atoms with E-state index in [4.69, 9.17) is 5.26 Å². The number of hydrogen-bond acceptors (Lipinski definition) is 2. The summed E-state index contributed by atoms with van der Waals surface area (Å²) in [7, 11) is 0. The summed E-state index contributed by atoms with van der Waals surface area (Å²) < 4.78 is 37.7. The van der Waals surface area contributed by atoms with Crippen molar-refractivity contribution in [3.8, 4) is 6.07 Å². The first kappa shape index (κ1) is 14.5. The number of amides is 1. The van der Waals surface area contributed by atoms with Crippen LogP contribution >= 0.6 is 15.9 Å². The van der Waals surface area contributed by atoms with Crippen LogP contribution in [0.4, 0.5) is 13.2 Å². The molecule has 1 rings (SSSR count). The van der Waals surface area contributed by atoms with Crippen LogP contribution < -0.4 is 5.32 Å². The molecule has 1 atom stereocenters. The maximum Gasteiger partial charge on any atom is 0.417 e. The van der Waals surface area contributed by atoms with Crippen LogP contribution in [0.25, 0.3) is 0 Å². The van der Waals surface area contributed by atoms with Crippen LogP contribution in [0.5, 0.6) is 0 Å². The molecule has 0 aliphatic carbocycles. The first-order valence-corrected chi connectivity index (χ1v) is 5.62. The van der Waals surface area contributed by atoms with Gasteiger partial charge in [-0.1, -0.05) is 15.9 Å². The molecule has 3 nitrogen and oxygen atoms in total. The van der Waals surface area contributed by atoms with Crippen LogP contribution in [0.2, 0.25) is 0 Å². The Morgan fingerprint density at radius 1 is 1.50 bits per heavy atom. The molecule has 0 aliphatic heterocycles. The van der Waals surface area contributed by atoms with Gasteiger partial charge in [-0.2, -0.15) is 18.4 Å².